The Bertz CT molecular complexity index is 676. The molecule has 0 atom stereocenters. The highest BCUT2D eigenvalue weighted by molar-refractivity contribution is 6.09. The summed E-state index contributed by atoms with van der Waals surface area (Å²) in [7, 11) is 0. The van der Waals surface area contributed by atoms with Gasteiger partial charge in [0.1, 0.15) is 5.82 Å². The highest BCUT2D eigenvalue weighted by atomic mass is 16.4. The van der Waals surface area contributed by atoms with Gasteiger partial charge in [0.2, 0.25) is 0 Å². The predicted octanol–water partition coefficient (Wildman–Crippen LogP) is 0.768. The van der Waals surface area contributed by atoms with E-state index in [2.05, 4.69) is 25.7 Å². The fourth-order valence-corrected chi connectivity index (χ4v) is 1.74. The monoisotopic (exact) mass is 274 g/mol. The number of pyridine rings is 1. The van der Waals surface area contributed by atoms with Crippen molar-refractivity contribution in [1.82, 2.24) is 15.2 Å². The molecule has 2 heterocycles. The first-order valence-electron chi connectivity index (χ1n) is 5.79. The van der Waals surface area contributed by atoms with Crippen LogP contribution in [0.4, 0.5) is 5.82 Å². The first-order chi connectivity index (χ1) is 9.52. The molecule has 2 aromatic rings. The molecule has 20 heavy (non-hydrogen) atoms. The summed E-state index contributed by atoms with van der Waals surface area (Å²) in [6.07, 6.45) is 1.35. The number of anilines is 1. The number of H-pyrrole nitrogens is 1. The molecule has 0 aliphatic carbocycles. The lowest BCUT2D eigenvalue weighted by Crippen LogP contribution is -2.19. The molecule has 8 heteroatoms. The van der Waals surface area contributed by atoms with Gasteiger partial charge < -0.3 is 16.3 Å². The third-order valence-corrected chi connectivity index (χ3v) is 2.73. The molecular weight excluding hydrogens is 260 g/mol. The second-order valence-corrected chi connectivity index (χ2v) is 4.18. The molecule has 0 aliphatic heterocycles. The van der Waals surface area contributed by atoms with E-state index in [1.54, 1.807) is 19.1 Å². The van der Waals surface area contributed by atoms with Crippen LogP contribution in [0.25, 0.3) is 0 Å². The number of aromatic amines is 1. The Balaban J connectivity index is 2.26. The number of carbonyl (C=O) groups is 1. The quantitative estimate of drug-likeness (QED) is 0.284. The minimum Gasteiger partial charge on any atom is -0.409 e. The maximum Gasteiger partial charge on any atom is 0.258 e. The first kappa shape index (κ1) is 13.5. The van der Waals surface area contributed by atoms with Crippen LogP contribution in [0, 0.1) is 13.8 Å². The van der Waals surface area contributed by atoms with E-state index in [9.17, 15) is 4.79 Å². The van der Waals surface area contributed by atoms with Crippen molar-refractivity contribution in [2.45, 2.75) is 13.8 Å². The Morgan fingerprint density at radius 1 is 1.40 bits per heavy atom. The maximum atomic E-state index is 12.2. The van der Waals surface area contributed by atoms with Gasteiger partial charge in [0.15, 0.2) is 5.84 Å². The molecule has 0 radical (unpaired) electrons. The lowest BCUT2D eigenvalue weighted by atomic mass is 10.1. The molecule has 8 nitrogen and oxygen atoms in total. The Morgan fingerprint density at radius 3 is 2.80 bits per heavy atom. The van der Waals surface area contributed by atoms with Gasteiger partial charge >= 0.3 is 0 Å². The number of amides is 1. The molecule has 5 N–H and O–H groups in total. The van der Waals surface area contributed by atoms with Gasteiger partial charge in [-0.05, 0) is 26.0 Å². The molecule has 1 amide bonds. The molecular formula is C12H14N6O2. The summed E-state index contributed by atoms with van der Waals surface area (Å²) in [5.41, 5.74) is 7.67. The standard InChI is InChI=1S/C12H14N6O2/c1-6-3-4-8(7(2)15-6)12(19)16-11-9(5-14-17-11)10(13)18-20/h3-5,20H,1-2H3,(H2,13,18)(H2,14,16,17,19). The van der Waals surface area contributed by atoms with Gasteiger partial charge in [0.05, 0.1) is 23.0 Å². The Hall–Kier alpha value is -2.90. The van der Waals surface area contributed by atoms with Gasteiger partial charge in [-0.1, -0.05) is 5.16 Å². The minimum atomic E-state index is -0.355. The summed E-state index contributed by atoms with van der Waals surface area (Å²) in [6, 6.07) is 3.44. The molecule has 104 valence electrons. The number of amidine groups is 1. The average molecular weight is 274 g/mol. The second-order valence-electron chi connectivity index (χ2n) is 4.18. The molecule has 0 fully saturated rings. The maximum absolute atomic E-state index is 12.2. The fraction of sp³-hybridized carbons (Fsp3) is 0.167. The predicted molar refractivity (Wildman–Crippen MR) is 72.8 cm³/mol. The molecule has 0 saturated heterocycles. The van der Waals surface area contributed by atoms with Crippen LogP contribution in [-0.2, 0) is 0 Å². The van der Waals surface area contributed by atoms with Crippen LogP contribution in [0.15, 0.2) is 23.5 Å². The topological polar surface area (TPSA) is 129 Å². The summed E-state index contributed by atoms with van der Waals surface area (Å²) in [4.78, 5) is 16.4. The van der Waals surface area contributed by atoms with Crippen molar-refractivity contribution >= 4 is 17.6 Å². The van der Waals surface area contributed by atoms with Crippen LogP contribution < -0.4 is 11.1 Å². The SMILES string of the molecule is Cc1ccc(C(=O)Nc2[nH]ncc2C(N)=NO)c(C)n1. The van der Waals surface area contributed by atoms with Crippen molar-refractivity contribution in [2.24, 2.45) is 10.9 Å². The van der Waals surface area contributed by atoms with E-state index >= 15 is 0 Å². The van der Waals surface area contributed by atoms with Crippen molar-refractivity contribution in [2.75, 3.05) is 5.32 Å². The van der Waals surface area contributed by atoms with Crippen LogP contribution in [0.2, 0.25) is 0 Å². The Morgan fingerprint density at radius 2 is 2.15 bits per heavy atom. The largest absolute Gasteiger partial charge is 0.409 e. The van der Waals surface area contributed by atoms with Gasteiger partial charge in [0, 0.05) is 5.69 Å². The van der Waals surface area contributed by atoms with E-state index in [0.29, 0.717) is 16.8 Å². The minimum absolute atomic E-state index is 0.146. The van der Waals surface area contributed by atoms with Gasteiger partial charge in [-0.3, -0.25) is 14.9 Å². The van der Waals surface area contributed by atoms with E-state index in [-0.39, 0.29) is 17.6 Å². The molecule has 2 aromatic heterocycles. The number of hydrogen-bond donors (Lipinski definition) is 4. The Kier molecular flexibility index (Phi) is 3.65. The highest BCUT2D eigenvalue weighted by Gasteiger charge is 2.15. The lowest BCUT2D eigenvalue weighted by molar-refractivity contribution is 0.102. The van der Waals surface area contributed by atoms with Gasteiger partial charge in [-0.15, -0.1) is 0 Å². The van der Waals surface area contributed by atoms with E-state index < -0.39 is 0 Å². The van der Waals surface area contributed by atoms with Crippen molar-refractivity contribution in [3.05, 3.63) is 40.8 Å². The number of oxime groups is 1. The summed E-state index contributed by atoms with van der Waals surface area (Å²) < 4.78 is 0. The fourth-order valence-electron chi connectivity index (χ4n) is 1.74. The number of hydrogen-bond acceptors (Lipinski definition) is 5. The van der Waals surface area contributed by atoms with Crippen LogP contribution in [0.3, 0.4) is 0 Å². The number of nitrogens with two attached hydrogens (primary N) is 1. The molecule has 0 saturated carbocycles. The van der Waals surface area contributed by atoms with Crippen molar-refractivity contribution in [3.63, 3.8) is 0 Å². The van der Waals surface area contributed by atoms with Crippen molar-refractivity contribution < 1.29 is 10.0 Å². The van der Waals surface area contributed by atoms with Crippen LogP contribution in [0.5, 0.6) is 0 Å². The molecule has 0 aliphatic rings. The zero-order chi connectivity index (χ0) is 14.7. The van der Waals surface area contributed by atoms with Gasteiger partial charge in [-0.2, -0.15) is 5.10 Å². The summed E-state index contributed by atoms with van der Waals surface area (Å²) in [5, 5.41) is 20.5. The van der Waals surface area contributed by atoms with Crippen molar-refractivity contribution in [3.8, 4) is 0 Å². The second kappa shape index (κ2) is 5.39. The summed E-state index contributed by atoms with van der Waals surface area (Å²) in [6.45, 7) is 3.60. The van der Waals surface area contributed by atoms with Crippen LogP contribution >= 0.6 is 0 Å². The smallest absolute Gasteiger partial charge is 0.258 e. The number of carbonyl (C=O) groups excluding carboxylic acids is 1. The van der Waals surface area contributed by atoms with E-state index in [0.717, 1.165) is 5.69 Å². The zero-order valence-corrected chi connectivity index (χ0v) is 11.0. The Labute approximate surface area is 114 Å². The number of rotatable bonds is 3. The van der Waals surface area contributed by atoms with E-state index in [1.165, 1.54) is 6.20 Å². The van der Waals surface area contributed by atoms with Crippen LogP contribution in [-0.4, -0.2) is 32.1 Å². The van der Waals surface area contributed by atoms with Crippen molar-refractivity contribution in [1.29, 1.82) is 0 Å². The first-order valence-corrected chi connectivity index (χ1v) is 5.79. The molecule has 0 spiro atoms. The summed E-state index contributed by atoms with van der Waals surface area (Å²) in [5.74, 6) is -0.246. The lowest BCUT2D eigenvalue weighted by Gasteiger charge is -2.07. The third-order valence-electron chi connectivity index (χ3n) is 2.73. The molecule has 0 aromatic carbocycles. The number of nitrogens with one attached hydrogen (secondary N) is 2. The average Bonchev–Trinajstić information content (AvgIpc) is 2.85. The van der Waals surface area contributed by atoms with Gasteiger partial charge in [-0.25, -0.2) is 0 Å². The zero-order valence-electron chi connectivity index (χ0n) is 11.0. The van der Waals surface area contributed by atoms with E-state index in [1.807, 2.05) is 6.92 Å². The van der Waals surface area contributed by atoms with Gasteiger partial charge in [0.25, 0.3) is 5.91 Å². The number of nitrogens with zero attached hydrogens (tertiary/aromatic N) is 3. The van der Waals surface area contributed by atoms with E-state index in [4.69, 9.17) is 10.9 Å². The summed E-state index contributed by atoms with van der Waals surface area (Å²) >= 11 is 0. The number of aromatic nitrogens is 3. The van der Waals surface area contributed by atoms with Crippen LogP contribution in [0.1, 0.15) is 27.3 Å². The third kappa shape index (κ3) is 2.58. The molecule has 0 bridgehead atoms. The normalized spacial score (nSPS) is 11.4. The molecule has 2 rings (SSSR count). The highest BCUT2D eigenvalue weighted by Crippen LogP contribution is 2.14. The molecule has 0 unspecified atom stereocenters. The number of aryl methyl sites for hydroxylation is 2.